The molecule has 0 fully saturated rings. The van der Waals surface area contributed by atoms with E-state index >= 15 is 0 Å². The molecule has 1 aromatic carbocycles. The van der Waals surface area contributed by atoms with Crippen molar-refractivity contribution in [3.63, 3.8) is 0 Å². The van der Waals surface area contributed by atoms with Gasteiger partial charge in [0.1, 0.15) is 5.82 Å². The second-order valence-electron chi connectivity index (χ2n) is 4.88. The molecule has 1 heterocycles. The summed E-state index contributed by atoms with van der Waals surface area (Å²) in [6.45, 7) is 5.16. The van der Waals surface area contributed by atoms with Crippen LogP contribution in [0.1, 0.15) is 38.6 Å². The first-order valence-electron chi connectivity index (χ1n) is 6.84. The molecule has 2 rings (SSSR count). The van der Waals surface area contributed by atoms with Gasteiger partial charge in [0, 0.05) is 7.05 Å². The number of fused-ring (bicyclic) bond motifs is 1. The van der Waals surface area contributed by atoms with Gasteiger partial charge in [0.2, 0.25) is 0 Å². The average Bonchev–Trinajstić information content (AvgIpc) is 2.43. The summed E-state index contributed by atoms with van der Waals surface area (Å²) >= 11 is 0. The molecule has 0 bridgehead atoms. The fraction of sp³-hybridized carbons (Fsp3) is 0.467. The molecule has 0 aliphatic carbocycles. The number of rotatable bonds is 5. The molecule has 0 unspecified atom stereocenters. The number of benzene rings is 1. The van der Waals surface area contributed by atoms with Gasteiger partial charge in [-0.3, -0.25) is 9.36 Å². The van der Waals surface area contributed by atoms with Gasteiger partial charge < -0.3 is 5.32 Å². The van der Waals surface area contributed by atoms with Gasteiger partial charge in [-0.25, -0.2) is 4.98 Å². The van der Waals surface area contributed by atoms with Crippen LogP contribution in [0.4, 0.5) is 0 Å². The van der Waals surface area contributed by atoms with Crippen molar-refractivity contribution < 1.29 is 0 Å². The zero-order valence-corrected chi connectivity index (χ0v) is 11.8. The summed E-state index contributed by atoms with van der Waals surface area (Å²) in [7, 11) is 1.79. The molecule has 2 aromatic rings. The lowest BCUT2D eigenvalue weighted by Crippen LogP contribution is -2.29. The molecule has 0 radical (unpaired) electrons. The molecule has 4 nitrogen and oxygen atoms in total. The van der Waals surface area contributed by atoms with E-state index < -0.39 is 0 Å². The summed E-state index contributed by atoms with van der Waals surface area (Å²) < 4.78 is 1.64. The summed E-state index contributed by atoms with van der Waals surface area (Å²) in [4.78, 5) is 16.9. The molecule has 0 spiro atoms. The van der Waals surface area contributed by atoms with Crippen molar-refractivity contribution in [3.05, 3.63) is 40.4 Å². The van der Waals surface area contributed by atoms with Gasteiger partial charge in [-0.2, -0.15) is 0 Å². The van der Waals surface area contributed by atoms with E-state index in [1.807, 2.05) is 31.2 Å². The average molecular weight is 259 g/mol. The standard InChI is InChI=1S/C15H21N3O/c1-4-5-10-16-11(2)14-17-13-9-7-6-8-12(13)15(19)18(14)3/h6-9,11,16H,4-5,10H2,1-3H3/t11-/m0/s1. The van der Waals surface area contributed by atoms with Gasteiger partial charge in [-0.05, 0) is 32.0 Å². The molecular formula is C15H21N3O. The molecule has 0 aliphatic rings. The van der Waals surface area contributed by atoms with Crippen LogP contribution in [-0.2, 0) is 7.05 Å². The molecule has 0 saturated carbocycles. The van der Waals surface area contributed by atoms with Crippen molar-refractivity contribution in [2.24, 2.45) is 7.05 Å². The molecule has 19 heavy (non-hydrogen) atoms. The summed E-state index contributed by atoms with van der Waals surface area (Å²) in [6.07, 6.45) is 2.29. The molecule has 102 valence electrons. The van der Waals surface area contributed by atoms with E-state index in [1.54, 1.807) is 11.6 Å². The summed E-state index contributed by atoms with van der Waals surface area (Å²) in [5.74, 6) is 0.791. The third-order valence-electron chi connectivity index (χ3n) is 3.39. The van der Waals surface area contributed by atoms with Crippen LogP contribution in [0.15, 0.2) is 29.1 Å². The van der Waals surface area contributed by atoms with Gasteiger partial charge in [0.25, 0.3) is 5.56 Å². The molecule has 1 aromatic heterocycles. The Bertz CT molecular complexity index is 618. The van der Waals surface area contributed by atoms with Gasteiger partial charge in [-0.1, -0.05) is 25.5 Å². The highest BCUT2D eigenvalue weighted by Crippen LogP contribution is 2.12. The predicted molar refractivity (Wildman–Crippen MR) is 78.3 cm³/mol. The highest BCUT2D eigenvalue weighted by molar-refractivity contribution is 5.77. The second kappa shape index (κ2) is 5.97. The van der Waals surface area contributed by atoms with Crippen LogP contribution in [0.25, 0.3) is 10.9 Å². The Morgan fingerprint density at radius 1 is 1.37 bits per heavy atom. The number of unbranched alkanes of at least 4 members (excludes halogenated alkanes) is 1. The van der Waals surface area contributed by atoms with E-state index in [0.29, 0.717) is 5.39 Å². The van der Waals surface area contributed by atoms with Crippen molar-refractivity contribution in [1.82, 2.24) is 14.9 Å². The molecular weight excluding hydrogens is 238 g/mol. The van der Waals surface area contributed by atoms with Crippen LogP contribution in [-0.4, -0.2) is 16.1 Å². The predicted octanol–water partition coefficient (Wildman–Crippen LogP) is 2.38. The molecule has 0 saturated heterocycles. The fourth-order valence-corrected chi connectivity index (χ4v) is 2.21. The van der Waals surface area contributed by atoms with E-state index in [9.17, 15) is 4.79 Å². The first-order valence-corrected chi connectivity index (χ1v) is 6.84. The maximum absolute atomic E-state index is 12.3. The van der Waals surface area contributed by atoms with Crippen molar-refractivity contribution >= 4 is 10.9 Å². The highest BCUT2D eigenvalue weighted by Gasteiger charge is 2.13. The van der Waals surface area contributed by atoms with Crippen molar-refractivity contribution in [1.29, 1.82) is 0 Å². The van der Waals surface area contributed by atoms with Crippen molar-refractivity contribution in [2.45, 2.75) is 32.7 Å². The van der Waals surface area contributed by atoms with E-state index in [0.717, 1.165) is 30.7 Å². The van der Waals surface area contributed by atoms with Gasteiger partial charge in [0.05, 0.1) is 16.9 Å². The third-order valence-corrected chi connectivity index (χ3v) is 3.39. The Kier molecular flexibility index (Phi) is 4.32. The van der Waals surface area contributed by atoms with E-state index in [-0.39, 0.29) is 11.6 Å². The topological polar surface area (TPSA) is 46.9 Å². The number of para-hydroxylation sites is 1. The zero-order valence-electron chi connectivity index (χ0n) is 11.8. The minimum atomic E-state index is 0.0183. The fourth-order valence-electron chi connectivity index (χ4n) is 2.21. The Labute approximate surface area is 113 Å². The Morgan fingerprint density at radius 3 is 2.84 bits per heavy atom. The smallest absolute Gasteiger partial charge is 0.261 e. The second-order valence-corrected chi connectivity index (χ2v) is 4.88. The first kappa shape index (κ1) is 13.7. The number of hydrogen-bond donors (Lipinski definition) is 1. The highest BCUT2D eigenvalue weighted by atomic mass is 16.1. The lowest BCUT2D eigenvalue weighted by Gasteiger charge is -2.17. The minimum Gasteiger partial charge on any atom is -0.308 e. The zero-order chi connectivity index (χ0) is 13.8. The quantitative estimate of drug-likeness (QED) is 0.839. The van der Waals surface area contributed by atoms with Crippen LogP contribution in [0.2, 0.25) is 0 Å². The van der Waals surface area contributed by atoms with E-state index in [4.69, 9.17) is 0 Å². The lowest BCUT2D eigenvalue weighted by atomic mass is 10.2. The van der Waals surface area contributed by atoms with Crippen LogP contribution in [0.5, 0.6) is 0 Å². The van der Waals surface area contributed by atoms with Crippen molar-refractivity contribution in [2.75, 3.05) is 6.54 Å². The minimum absolute atomic E-state index is 0.0183. The number of aromatic nitrogens is 2. The monoisotopic (exact) mass is 259 g/mol. The van der Waals surface area contributed by atoms with Crippen LogP contribution in [0, 0.1) is 0 Å². The Hall–Kier alpha value is -1.68. The van der Waals surface area contributed by atoms with Gasteiger partial charge >= 0.3 is 0 Å². The molecule has 1 atom stereocenters. The lowest BCUT2D eigenvalue weighted by molar-refractivity contribution is 0.510. The maximum Gasteiger partial charge on any atom is 0.261 e. The van der Waals surface area contributed by atoms with Gasteiger partial charge in [0.15, 0.2) is 0 Å². The van der Waals surface area contributed by atoms with Gasteiger partial charge in [-0.15, -0.1) is 0 Å². The summed E-state index contributed by atoms with van der Waals surface area (Å²) in [5.41, 5.74) is 0.787. The number of hydrogen-bond acceptors (Lipinski definition) is 3. The Morgan fingerprint density at radius 2 is 2.11 bits per heavy atom. The summed E-state index contributed by atoms with van der Waals surface area (Å²) in [5, 5.41) is 4.09. The third kappa shape index (κ3) is 2.84. The van der Waals surface area contributed by atoms with Crippen LogP contribution >= 0.6 is 0 Å². The van der Waals surface area contributed by atoms with Crippen LogP contribution in [0.3, 0.4) is 0 Å². The summed E-state index contributed by atoms with van der Waals surface area (Å²) in [6, 6.07) is 7.57. The molecule has 4 heteroatoms. The molecule has 0 aliphatic heterocycles. The van der Waals surface area contributed by atoms with Crippen molar-refractivity contribution in [3.8, 4) is 0 Å². The van der Waals surface area contributed by atoms with Crippen LogP contribution < -0.4 is 10.9 Å². The molecule has 0 amide bonds. The van der Waals surface area contributed by atoms with E-state index in [2.05, 4.69) is 17.2 Å². The Balaban J connectivity index is 2.38. The maximum atomic E-state index is 12.3. The normalized spacial score (nSPS) is 12.8. The largest absolute Gasteiger partial charge is 0.308 e. The first-order chi connectivity index (χ1) is 9.15. The SMILES string of the molecule is CCCCN[C@@H](C)c1nc2ccccc2c(=O)n1C. The molecule has 1 N–H and O–H groups in total. The van der Waals surface area contributed by atoms with E-state index in [1.165, 1.54) is 0 Å². The number of nitrogens with one attached hydrogen (secondary N) is 1. The number of nitrogens with zero attached hydrogens (tertiary/aromatic N) is 2.